The summed E-state index contributed by atoms with van der Waals surface area (Å²) in [5.74, 6) is 1.60. The molecule has 0 spiro atoms. The van der Waals surface area contributed by atoms with E-state index in [0.29, 0.717) is 31.4 Å². The van der Waals surface area contributed by atoms with Crippen LogP contribution < -0.4 is 15.4 Å². The Kier molecular flexibility index (Phi) is 4.34. The summed E-state index contributed by atoms with van der Waals surface area (Å²) < 4.78 is 10.9. The zero-order valence-electron chi connectivity index (χ0n) is 12.5. The smallest absolute Gasteiger partial charge is 0.222 e. The van der Waals surface area contributed by atoms with Crippen molar-refractivity contribution in [1.82, 2.24) is 15.0 Å². The van der Waals surface area contributed by atoms with Gasteiger partial charge in [0.25, 0.3) is 0 Å². The number of nitrogens with two attached hydrogens (primary N) is 1. The number of nitrogens with zero attached hydrogens (tertiary/aromatic N) is 4. The first-order valence-electron chi connectivity index (χ1n) is 7.33. The van der Waals surface area contributed by atoms with Crippen LogP contribution in [0.15, 0.2) is 24.4 Å². The number of nitrogen functional groups attached to an aromatic ring is 1. The molecule has 3 rings (SSSR count). The minimum Gasteiger partial charge on any atom is -0.477 e. The second-order valence-electron chi connectivity index (χ2n) is 4.86. The van der Waals surface area contributed by atoms with E-state index in [0.717, 1.165) is 24.5 Å². The van der Waals surface area contributed by atoms with Crippen LogP contribution in [0, 0.1) is 0 Å². The van der Waals surface area contributed by atoms with Gasteiger partial charge >= 0.3 is 0 Å². The molecule has 7 nitrogen and oxygen atoms in total. The van der Waals surface area contributed by atoms with Gasteiger partial charge < -0.3 is 20.1 Å². The molecule has 1 saturated heterocycles. The maximum atomic E-state index is 5.89. The SMILES string of the molecule is CCOc1ncccc1-c1cc(N2CCOCC2)nc(N)n1. The van der Waals surface area contributed by atoms with Crippen molar-refractivity contribution in [3.05, 3.63) is 24.4 Å². The summed E-state index contributed by atoms with van der Waals surface area (Å²) in [6, 6.07) is 5.69. The molecule has 2 aromatic heterocycles. The monoisotopic (exact) mass is 301 g/mol. The van der Waals surface area contributed by atoms with E-state index >= 15 is 0 Å². The third-order valence-corrected chi connectivity index (χ3v) is 3.39. The fourth-order valence-corrected chi connectivity index (χ4v) is 2.38. The molecular weight excluding hydrogens is 282 g/mol. The highest BCUT2D eigenvalue weighted by Gasteiger charge is 2.16. The second kappa shape index (κ2) is 6.57. The molecule has 0 aliphatic carbocycles. The Bertz CT molecular complexity index is 644. The van der Waals surface area contributed by atoms with Gasteiger partial charge in [-0.15, -0.1) is 0 Å². The maximum Gasteiger partial charge on any atom is 0.222 e. The Morgan fingerprint density at radius 3 is 2.91 bits per heavy atom. The van der Waals surface area contributed by atoms with Crippen LogP contribution in [-0.2, 0) is 4.74 Å². The molecule has 2 N–H and O–H groups in total. The number of hydrogen-bond acceptors (Lipinski definition) is 7. The predicted octanol–water partition coefficient (Wildman–Crippen LogP) is 1.36. The normalized spacial score (nSPS) is 14.9. The summed E-state index contributed by atoms with van der Waals surface area (Å²) in [7, 11) is 0. The predicted molar refractivity (Wildman–Crippen MR) is 83.9 cm³/mol. The highest BCUT2D eigenvalue weighted by Crippen LogP contribution is 2.29. The number of aromatic nitrogens is 3. The molecule has 2 aromatic rings. The molecule has 0 saturated carbocycles. The van der Waals surface area contributed by atoms with Crippen LogP contribution in [0.1, 0.15) is 6.92 Å². The molecule has 3 heterocycles. The highest BCUT2D eigenvalue weighted by molar-refractivity contribution is 5.68. The Hall–Kier alpha value is -2.41. The van der Waals surface area contributed by atoms with Crippen LogP contribution in [0.4, 0.5) is 11.8 Å². The van der Waals surface area contributed by atoms with Gasteiger partial charge in [0.15, 0.2) is 0 Å². The van der Waals surface area contributed by atoms with Gasteiger partial charge in [0.2, 0.25) is 11.8 Å². The van der Waals surface area contributed by atoms with E-state index in [9.17, 15) is 0 Å². The lowest BCUT2D eigenvalue weighted by atomic mass is 10.2. The third kappa shape index (κ3) is 3.09. The molecule has 1 aliphatic heterocycles. The minimum absolute atomic E-state index is 0.241. The highest BCUT2D eigenvalue weighted by atomic mass is 16.5. The van der Waals surface area contributed by atoms with Gasteiger partial charge in [-0.25, -0.2) is 9.97 Å². The van der Waals surface area contributed by atoms with Gasteiger partial charge in [-0.05, 0) is 19.1 Å². The average molecular weight is 301 g/mol. The number of ether oxygens (including phenoxy) is 2. The second-order valence-corrected chi connectivity index (χ2v) is 4.86. The lowest BCUT2D eigenvalue weighted by Crippen LogP contribution is -2.36. The first-order chi connectivity index (χ1) is 10.8. The van der Waals surface area contributed by atoms with Crippen molar-refractivity contribution in [2.75, 3.05) is 43.5 Å². The Labute approximate surface area is 129 Å². The van der Waals surface area contributed by atoms with Crippen molar-refractivity contribution >= 4 is 11.8 Å². The van der Waals surface area contributed by atoms with Gasteiger partial charge in [-0.1, -0.05) is 0 Å². The van der Waals surface area contributed by atoms with Crippen LogP contribution in [0.2, 0.25) is 0 Å². The number of anilines is 2. The van der Waals surface area contributed by atoms with Gasteiger partial charge in [0, 0.05) is 25.4 Å². The lowest BCUT2D eigenvalue weighted by molar-refractivity contribution is 0.122. The number of morpholine rings is 1. The lowest BCUT2D eigenvalue weighted by Gasteiger charge is -2.28. The maximum absolute atomic E-state index is 5.89. The zero-order chi connectivity index (χ0) is 15.4. The quantitative estimate of drug-likeness (QED) is 0.912. The largest absolute Gasteiger partial charge is 0.477 e. The van der Waals surface area contributed by atoms with Crippen LogP contribution in [0.5, 0.6) is 5.88 Å². The Balaban J connectivity index is 1.99. The topological polar surface area (TPSA) is 86.4 Å². The van der Waals surface area contributed by atoms with Crippen LogP contribution in [-0.4, -0.2) is 47.9 Å². The minimum atomic E-state index is 0.241. The summed E-state index contributed by atoms with van der Waals surface area (Å²) in [4.78, 5) is 15.1. The van der Waals surface area contributed by atoms with Crippen LogP contribution in [0.25, 0.3) is 11.3 Å². The molecule has 0 radical (unpaired) electrons. The van der Waals surface area contributed by atoms with Gasteiger partial charge in [-0.2, -0.15) is 4.98 Å². The van der Waals surface area contributed by atoms with Crippen molar-refractivity contribution in [3.8, 4) is 17.1 Å². The Morgan fingerprint density at radius 1 is 1.32 bits per heavy atom. The summed E-state index contributed by atoms with van der Waals surface area (Å²) >= 11 is 0. The van der Waals surface area contributed by atoms with Crippen LogP contribution >= 0.6 is 0 Å². The van der Waals surface area contributed by atoms with E-state index < -0.39 is 0 Å². The van der Waals surface area contributed by atoms with Crippen LogP contribution in [0.3, 0.4) is 0 Å². The van der Waals surface area contributed by atoms with Crippen molar-refractivity contribution in [2.45, 2.75) is 6.92 Å². The van der Waals surface area contributed by atoms with E-state index in [2.05, 4.69) is 19.9 Å². The number of rotatable bonds is 4. The first-order valence-corrected chi connectivity index (χ1v) is 7.33. The number of pyridine rings is 1. The summed E-state index contributed by atoms with van der Waals surface area (Å²) in [5.41, 5.74) is 7.41. The number of hydrogen-bond donors (Lipinski definition) is 1. The van der Waals surface area contributed by atoms with Crippen molar-refractivity contribution in [1.29, 1.82) is 0 Å². The molecule has 1 fully saturated rings. The van der Waals surface area contributed by atoms with Gasteiger partial charge in [0.05, 0.1) is 31.1 Å². The molecule has 0 amide bonds. The molecule has 116 valence electrons. The molecule has 0 aromatic carbocycles. The van der Waals surface area contributed by atoms with Crippen molar-refractivity contribution < 1.29 is 9.47 Å². The fraction of sp³-hybridized carbons (Fsp3) is 0.400. The first kappa shape index (κ1) is 14.5. The summed E-state index contributed by atoms with van der Waals surface area (Å²) in [6.07, 6.45) is 1.70. The molecule has 7 heteroatoms. The van der Waals surface area contributed by atoms with E-state index in [-0.39, 0.29) is 5.95 Å². The van der Waals surface area contributed by atoms with E-state index in [4.69, 9.17) is 15.2 Å². The Morgan fingerprint density at radius 2 is 2.14 bits per heavy atom. The van der Waals surface area contributed by atoms with E-state index in [1.54, 1.807) is 6.20 Å². The molecule has 0 atom stereocenters. The van der Waals surface area contributed by atoms with Gasteiger partial charge in [-0.3, -0.25) is 0 Å². The molecule has 0 unspecified atom stereocenters. The molecule has 22 heavy (non-hydrogen) atoms. The van der Waals surface area contributed by atoms with Crippen molar-refractivity contribution in [3.63, 3.8) is 0 Å². The standard InChI is InChI=1S/C15H19N5O2/c1-2-22-14-11(4-3-5-17-14)12-10-13(19-15(16)18-12)20-6-8-21-9-7-20/h3-5,10H,2,6-9H2,1H3,(H2,16,18,19). The average Bonchev–Trinajstić information content (AvgIpc) is 2.56. The molecule has 1 aliphatic rings. The van der Waals surface area contributed by atoms with Crippen molar-refractivity contribution in [2.24, 2.45) is 0 Å². The third-order valence-electron chi connectivity index (χ3n) is 3.39. The van der Waals surface area contributed by atoms with E-state index in [1.807, 2.05) is 25.1 Å². The fourth-order valence-electron chi connectivity index (χ4n) is 2.38. The molecule has 0 bridgehead atoms. The molecular formula is C15H19N5O2. The summed E-state index contributed by atoms with van der Waals surface area (Å²) in [6.45, 7) is 5.43. The van der Waals surface area contributed by atoms with E-state index in [1.165, 1.54) is 0 Å². The summed E-state index contributed by atoms with van der Waals surface area (Å²) in [5, 5.41) is 0. The zero-order valence-corrected chi connectivity index (χ0v) is 12.5. The van der Waals surface area contributed by atoms with Gasteiger partial charge in [0.1, 0.15) is 5.82 Å².